The SMILES string of the molecule is C=C1NN=C(c2ccc(N3CCCCC(C)C3)cc2)c2ccccc21. The molecule has 2 aromatic rings. The number of anilines is 1. The fourth-order valence-electron chi connectivity index (χ4n) is 3.84. The lowest BCUT2D eigenvalue weighted by Gasteiger charge is -2.25. The molecule has 25 heavy (non-hydrogen) atoms. The van der Waals surface area contributed by atoms with Crippen molar-refractivity contribution in [1.29, 1.82) is 0 Å². The maximum absolute atomic E-state index is 4.54. The van der Waals surface area contributed by atoms with E-state index in [0.29, 0.717) is 0 Å². The Kier molecular flexibility index (Phi) is 4.31. The molecule has 1 fully saturated rings. The lowest BCUT2D eigenvalue weighted by Crippen LogP contribution is -2.27. The van der Waals surface area contributed by atoms with E-state index in [2.05, 4.69) is 71.4 Å². The van der Waals surface area contributed by atoms with E-state index in [1.807, 2.05) is 6.07 Å². The van der Waals surface area contributed by atoms with E-state index in [4.69, 9.17) is 0 Å². The van der Waals surface area contributed by atoms with Crippen LogP contribution >= 0.6 is 0 Å². The first-order chi connectivity index (χ1) is 12.2. The molecule has 2 aliphatic heterocycles. The summed E-state index contributed by atoms with van der Waals surface area (Å²) in [4.78, 5) is 2.53. The van der Waals surface area contributed by atoms with Crippen molar-refractivity contribution in [2.24, 2.45) is 11.0 Å². The molecule has 1 N–H and O–H groups in total. The molecular formula is C22H25N3. The number of nitrogens with zero attached hydrogens (tertiary/aromatic N) is 2. The van der Waals surface area contributed by atoms with Gasteiger partial charge in [0, 0.05) is 35.5 Å². The van der Waals surface area contributed by atoms with Crippen LogP contribution in [0.4, 0.5) is 5.69 Å². The third-order valence-electron chi connectivity index (χ3n) is 5.22. The molecule has 3 heteroatoms. The number of rotatable bonds is 2. The van der Waals surface area contributed by atoms with Crippen LogP contribution in [0.3, 0.4) is 0 Å². The van der Waals surface area contributed by atoms with E-state index in [0.717, 1.165) is 47.1 Å². The second-order valence-corrected chi connectivity index (χ2v) is 7.19. The van der Waals surface area contributed by atoms with Crippen molar-refractivity contribution in [3.05, 3.63) is 71.8 Å². The fourth-order valence-corrected chi connectivity index (χ4v) is 3.84. The van der Waals surface area contributed by atoms with E-state index < -0.39 is 0 Å². The van der Waals surface area contributed by atoms with Crippen molar-refractivity contribution < 1.29 is 0 Å². The van der Waals surface area contributed by atoms with Crippen LogP contribution in [0.25, 0.3) is 5.70 Å². The van der Waals surface area contributed by atoms with Crippen molar-refractivity contribution in [3.8, 4) is 0 Å². The quantitative estimate of drug-likeness (QED) is 0.868. The fraction of sp³-hybridized carbons (Fsp3) is 0.318. The molecule has 1 saturated heterocycles. The number of nitrogens with one attached hydrogen (secondary N) is 1. The maximum Gasteiger partial charge on any atom is 0.0984 e. The largest absolute Gasteiger partial charge is 0.371 e. The van der Waals surface area contributed by atoms with Gasteiger partial charge in [-0.25, -0.2) is 0 Å². The predicted octanol–water partition coefficient (Wildman–Crippen LogP) is 4.64. The number of benzene rings is 2. The van der Waals surface area contributed by atoms with Crippen LogP contribution in [0, 0.1) is 5.92 Å². The van der Waals surface area contributed by atoms with Crippen LogP contribution in [0.2, 0.25) is 0 Å². The van der Waals surface area contributed by atoms with Crippen LogP contribution in [0.1, 0.15) is 42.9 Å². The smallest absolute Gasteiger partial charge is 0.0984 e. The number of fused-ring (bicyclic) bond motifs is 1. The molecule has 0 saturated carbocycles. The van der Waals surface area contributed by atoms with Crippen LogP contribution in [-0.4, -0.2) is 18.8 Å². The van der Waals surface area contributed by atoms with Crippen molar-refractivity contribution in [2.75, 3.05) is 18.0 Å². The molecule has 0 spiro atoms. The standard InChI is InChI=1S/C22H25N3/c1-16-7-5-6-14-25(15-16)19-12-10-18(11-13-19)22-21-9-4-3-8-20(21)17(2)23-24-22/h3-4,8-13,16,23H,2,5-7,14-15H2,1H3. The van der Waals surface area contributed by atoms with E-state index in [-0.39, 0.29) is 0 Å². The highest BCUT2D eigenvalue weighted by Crippen LogP contribution is 2.26. The minimum absolute atomic E-state index is 0.770. The molecule has 0 aliphatic carbocycles. The Morgan fingerprint density at radius 1 is 1.04 bits per heavy atom. The topological polar surface area (TPSA) is 27.6 Å². The lowest BCUT2D eigenvalue weighted by atomic mass is 9.95. The zero-order valence-corrected chi connectivity index (χ0v) is 14.8. The minimum Gasteiger partial charge on any atom is -0.371 e. The Morgan fingerprint density at radius 3 is 2.60 bits per heavy atom. The van der Waals surface area contributed by atoms with Crippen LogP contribution in [0.15, 0.2) is 60.2 Å². The number of hydrogen-bond acceptors (Lipinski definition) is 3. The van der Waals surface area contributed by atoms with Crippen molar-refractivity contribution in [1.82, 2.24) is 5.43 Å². The molecule has 2 heterocycles. The zero-order chi connectivity index (χ0) is 17.2. The van der Waals surface area contributed by atoms with Gasteiger partial charge in [-0.3, -0.25) is 5.43 Å². The van der Waals surface area contributed by atoms with Gasteiger partial charge in [0.15, 0.2) is 0 Å². The van der Waals surface area contributed by atoms with Gasteiger partial charge in [-0.2, -0.15) is 5.10 Å². The molecule has 0 radical (unpaired) electrons. The monoisotopic (exact) mass is 331 g/mol. The first-order valence-corrected chi connectivity index (χ1v) is 9.20. The van der Waals surface area contributed by atoms with Gasteiger partial charge in [-0.05, 0) is 30.9 Å². The highest BCUT2D eigenvalue weighted by Gasteiger charge is 2.19. The summed E-state index contributed by atoms with van der Waals surface area (Å²) in [5.74, 6) is 0.770. The summed E-state index contributed by atoms with van der Waals surface area (Å²) in [5, 5.41) is 4.54. The molecule has 4 rings (SSSR count). The average molecular weight is 331 g/mol. The van der Waals surface area contributed by atoms with Crippen LogP contribution in [-0.2, 0) is 0 Å². The molecule has 3 nitrogen and oxygen atoms in total. The minimum atomic E-state index is 0.770. The molecule has 1 atom stereocenters. The van der Waals surface area contributed by atoms with E-state index in [1.54, 1.807) is 0 Å². The molecule has 0 aromatic heterocycles. The highest BCUT2D eigenvalue weighted by atomic mass is 15.3. The summed E-state index contributed by atoms with van der Waals surface area (Å²) >= 11 is 0. The summed E-state index contributed by atoms with van der Waals surface area (Å²) in [6, 6.07) is 17.2. The van der Waals surface area contributed by atoms with Crippen LogP contribution < -0.4 is 10.3 Å². The van der Waals surface area contributed by atoms with Crippen molar-refractivity contribution in [2.45, 2.75) is 26.2 Å². The van der Waals surface area contributed by atoms with Gasteiger partial charge in [0.05, 0.1) is 11.4 Å². The van der Waals surface area contributed by atoms with Gasteiger partial charge in [-0.1, -0.05) is 56.3 Å². The van der Waals surface area contributed by atoms with E-state index in [9.17, 15) is 0 Å². The third kappa shape index (κ3) is 3.19. The summed E-state index contributed by atoms with van der Waals surface area (Å²) in [6.07, 6.45) is 3.98. The molecule has 128 valence electrons. The first kappa shape index (κ1) is 15.9. The molecular weight excluding hydrogens is 306 g/mol. The van der Waals surface area contributed by atoms with Gasteiger partial charge in [0.1, 0.15) is 0 Å². The normalized spacial score (nSPS) is 20.4. The van der Waals surface area contributed by atoms with E-state index in [1.165, 1.54) is 24.9 Å². The Bertz CT molecular complexity index is 804. The Hall–Kier alpha value is -2.55. The highest BCUT2D eigenvalue weighted by molar-refractivity contribution is 6.16. The van der Waals surface area contributed by atoms with Crippen molar-refractivity contribution >= 4 is 17.1 Å². The summed E-state index contributed by atoms with van der Waals surface area (Å²) < 4.78 is 0. The second-order valence-electron chi connectivity index (χ2n) is 7.19. The van der Waals surface area contributed by atoms with E-state index >= 15 is 0 Å². The summed E-state index contributed by atoms with van der Waals surface area (Å²) in [7, 11) is 0. The lowest BCUT2D eigenvalue weighted by molar-refractivity contribution is 0.545. The van der Waals surface area contributed by atoms with Gasteiger partial charge in [0.2, 0.25) is 0 Å². The van der Waals surface area contributed by atoms with Gasteiger partial charge in [0.25, 0.3) is 0 Å². The molecule has 2 aromatic carbocycles. The zero-order valence-electron chi connectivity index (χ0n) is 14.8. The Labute approximate surface area is 150 Å². The Morgan fingerprint density at radius 2 is 1.80 bits per heavy atom. The summed E-state index contributed by atoms with van der Waals surface area (Å²) in [5.41, 5.74) is 9.62. The summed E-state index contributed by atoms with van der Waals surface area (Å²) in [6.45, 7) is 8.73. The predicted molar refractivity (Wildman–Crippen MR) is 106 cm³/mol. The third-order valence-corrected chi connectivity index (χ3v) is 5.22. The van der Waals surface area contributed by atoms with Crippen molar-refractivity contribution in [3.63, 3.8) is 0 Å². The average Bonchev–Trinajstić information content (AvgIpc) is 2.87. The number of hydrogen-bond donors (Lipinski definition) is 1. The van der Waals surface area contributed by atoms with Crippen LogP contribution in [0.5, 0.6) is 0 Å². The molecule has 1 unspecified atom stereocenters. The second kappa shape index (κ2) is 6.75. The van der Waals surface area contributed by atoms with Gasteiger partial charge in [-0.15, -0.1) is 0 Å². The maximum atomic E-state index is 4.54. The molecule has 0 amide bonds. The van der Waals surface area contributed by atoms with Gasteiger partial charge >= 0.3 is 0 Å². The Balaban J connectivity index is 1.61. The first-order valence-electron chi connectivity index (χ1n) is 9.20. The number of hydrazone groups is 1. The molecule has 0 bridgehead atoms. The van der Waals surface area contributed by atoms with Gasteiger partial charge < -0.3 is 4.90 Å². The molecule has 2 aliphatic rings.